The number of rotatable bonds is 3. The van der Waals surface area contributed by atoms with Gasteiger partial charge in [0.2, 0.25) is 0 Å². The van der Waals surface area contributed by atoms with Crippen LogP contribution >= 0.6 is 0 Å². The van der Waals surface area contributed by atoms with E-state index in [1.54, 1.807) is 6.08 Å². The number of carbonyl (C=O) groups excluding carboxylic acids is 1. The van der Waals surface area contributed by atoms with Crippen molar-refractivity contribution in [3.63, 3.8) is 0 Å². The van der Waals surface area contributed by atoms with E-state index < -0.39 is 0 Å². The number of ketones is 1. The first-order valence-corrected chi connectivity index (χ1v) is 7.22. The Kier molecular flexibility index (Phi) is 7.00. The third-order valence-corrected chi connectivity index (χ3v) is 4.32. The van der Waals surface area contributed by atoms with Crippen LogP contribution in [0.3, 0.4) is 0 Å². The zero-order valence-electron chi connectivity index (χ0n) is 11.0. The van der Waals surface area contributed by atoms with E-state index in [1.807, 2.05) is 0 Å². The predicted molar refractivity (Wildman–Crippen MR) is 68.9 cm³/mol. The molecule has 0 saturated heterocycles. The Hall–Kier alpha value is -0.296. The van der Waals surface area contributed by atoms with Gasteiger partial charge in [0.1, 0.15) is 0 Å². The van der Waals surface area contributed by atoms with Crippen LogP contribution in [0.4, 0.5) is 0 Å². The fourth-order valence-electron chi connectivity index (χ4n) is 3.17. The monoisotopic (exact) mass is 294 g/mol. The van der Waals surface area contributed by atoms with Crippen molar-refractivity contribution in [2.24, 2.45) is 11.8 Å². The van der Waals surface area contributed by atoms with Crippen LogP contribution in [0, 0.1) is 11.8 Å². The molecule has 2 saturated carbocycles. The van der Waals surface area contributed by atoms with Gasteiger partial charge < -0.3 is 5.11 Å². The molecule has 1 N–H and O–H groups in total. The largest absolute Gasteiger partial charge is 0.512 e. The van der Waals surface area contributed by atoms with Gasteiger partial charge in [-0.1, -0.05) is 38.5 Å². The van der Waals surface area contributed by atoms with Crippen LogP contribution in [0.1, 0.15) is 64.2 Å². The minimum atomic E-state index is 0. The standard InChI is InChI=1S/C15H24O2.Ni/c16-14(12-7-3-1-4-8-12)11-15(17)13-9-5-2-6-10-13;/h11-13,16H,1-10H2;/b14-11-;. The van der Waals surface area contributed by atoms with E-state index >= 15 is 0 Å². The molecule has 0 spiro atoms. The predicted octanol–water partition coefficient (Wildman–Crippen LogP) is 4.16. The number of hydrogen-bond acceptors (Lipinski definition) is 2. The zero-order valence-corrected chi connectivity index (χ0v) is 12.0. The molecular formula is C15H24NiO2. The van der Waals surface area contributed by atoms with Crippen LogP contribution in [-0.2, 0) is 21.3 Å². The van der Waals surface area contributed by atoms with Gasteiger partial charge in [-0.2, -0.15) is 0 Å². The van der Waals surface area contributed by atoms with E-state index in [2.05, 4.69) is 0 Å². The molecule has 3 heteroatoms. The Morgan fingerprint density at radius 2 is 1.28 bits per heavy atom. The molecule has 0 bridgehead atoms. The summed E-state index contributed by atoms with van der Waals surface area (Å²) in [6, 6.07) is 0. The van der Waals surface area contributed by atoms with E-state index in [0.717, 1.165) is 25.7 Å². The first kappa shape index (κ1) is 15.8. The first-order valence-electron chi connectivity index (χ1n) is 7.22. The van der Waals surface area contributed by atoms with Gasteiger partial charge >= 0.3 is 0 Å². The Morgan fingerprint density at radius 3 is 1.78 bits per heavy atom. The molecule has 106 valence electrons. The summed E-state index contributed by atoms with van der Waals surface area (Å²) >= 11 is 0. The summed E-state index contributed by atoms with van der Waals surface area (Å²) in [7, 11) is 0. The topological polar surface area (TPSA) is 37.3 Å². The number of allylic oxidation sites excluding steroid dienone is 2. The van der Waals surface area contributed by atoms with Crippen molar-refractivity contribution in [2.75, 3.05) is 0 Å². The van der Waals surface area contributed by atoms with E-state index in [9.17, 15) is 9.90 Å². The quantitative estimate of drug-likeness (QED) is 0.482. The van der Waals surface area contributed by atoms with Gasteiger partial charge in [-0.05, 0) is 25.7 Å². The SMILES string of the molecule is O=C(/C=C(\O)C1CCCCC1)C1CCCCC1.[Ni]. The maximum Gasteiger partial charge on any atom is 0.162 e. The second-order valence-corrected chi connectivity index (χ2v) is 5.64. The third-order valence-electron chi connectivity index (χ3n) is 4.32. The summed E-state index contributed by atoms with van der Waals surface area (Å²) in [5.41, 5.74) is 0. The molecule has 0 aromatic carbocycles. The normalized spacial score (nSPS) is 23.4. The van der Waals surface area contributed by atoms with Crippen molar-refractivity contribution in [2.45, 2.75) is 64.2 Å². The zero-order chi connectivity index (χ0) is 12.1. The first-order chi connectivity index (χ1) is 8.27. The molecule has 0 unspecified atom stereocenters. The van der Waals surface area contributed by atoms with Crippen LogP contribution in [0.5, 0.6) is 0 Å². The van der Waals surface area contributed by atoms with Gasteiger partial charge in [0.05, 0.1) is 5.76 Å². The summed E-state index contributed by atoms with van der Waals surface area (Å²) in [6.45, 7) is 0. The smallest absolute Gasteiger partial charge is 0.162 e. The maximum atomic E-state index is 12.0. The molecule has 18 heavy (non-hydrogen) atoms. The van der Waals surface area contributed by atoms with Crippen molar-refractivity contribution in [1.82, 2.24) is 0 Å². The van der Waals surface area contributed by atoms with Gasteiger partial charge in [0.15, 0.2) is 5.78 Å². The van der Waals surface area contributed by atoms with Crippen molar-refractivity contribution >= 4 is 5.78 Å². The molecule has 0 amide bonds. The average molecular weight is 295 g/mol. The van der Waals surface area contributed by atoms with Gasteiger partial charge in [-0.15, -0.1) is 0 Å². The Bertz CT molecular complexity index is 287. The Balaban J connectivity index is 0.00000162. The molecule has 2 aliphatic carbocycles. The minimum absolute atomic E-state index is 0. The molecule has 0 aromatic heterocycles. The molecule has 2 rings (SSSR count). The average Bonchev–Trinajstić information content (AvgIpc) is 2.40. The van der Waals surface area contributed by atoms with Gasteiger partial charge in [-0.3, -0.25) is 4.79 Å². The molecule has 0 heterocycles. The Labute approximate surface area is 120 Å². The van der Waals surface area contributed by atoms with Crippen molar-refractivity contribution in [3.05, 3.63) is 11.8 Å². The van der Waals surface area contributed by atoms with Gasteiger partial charge in [0.25, 0.3) is 0 Å². The summed E-state index contributed by atoms with van der Waals surface area (Å²) in [4.78, 5) is 12.0. The fourth-order valence-corrected chi connectivity index (χ4v) is 3.17. The fraction of sp³-hybridized carbons (Fsp3) is 0.800. The molecule has 2 nitrogen and oxygen atoms in total. The van der Waals surface area contributed by atoms with E-state index in [-0.39, 0.29) is 34.1 Å². The van der Waals surface area contributed by atoms with E-state index in [0.29, 0.717) is 5.76 Å². The van der Waals surface area contributed by atoms with Crippen LogP contribution < -0.4 is 0 Å². The number of carbonyl (C=O) groups is 1. The summed E-state index contributed by atoms with van der Waals surface area (Å²) in [5.74, 6) is 0.985. The molecule has 0 aromatic rings. The molecule has 0 radical (unpaired) electrons. The van der Waals surface area contributed by atoms with Crippen molar-refractivity contribution in [1.29, 1.82) is 0 Å². The van der Waals surface area contributed by atoms with Gasteiger partial charge in [-0.25, -0.2) is 0 Å². The number of aliphatic hydroxyl groups is 1. The maximum absolute atomic E-state index is 12.0. The summed E-state index contributed by atoms with van der Waals surface area (Å²) in [6.07, 6.45) is 13.0. The molecular weight excluding hydrogens is 271 g/mol. The summed E-state index contributed by atoms with van der Waals surface area (Å²) < 4.78 is 0. The van der Waals surface area contributed by atoms with Crippen LogP contribution in [-0.4, -0.2) is 10.9 Å². The molecule has 0 atom stereocenters. The third kappa shape index (κ3) is 4.42. The molecule has 2 aliphatic rings. The summed E-state index contributed by atoms with van der Waals surface area (Å²) in [5, 5.41) is 10.0. The van der Waals surface area contributed by atoms with Crippen LogP contribution in [0.2, 0.25) is 0 Å². The number of hydrogen-bond donors (Lipinski definition) is 1. The van der Waals surface area contributed by atoms with Crippen LogP contribution in [0.15, 0.2) is 11.8 Å². The molecule has 2 fully saturated rings. The number of aliphatic hydroxyl groups excluding tert-OH is 1. The Morgan fingerprint density at radius 1 is 0.833 bits per heavy atom. The van der Waals surface area contributed by atoms with E-state index in [4.69, 9.17) is 0 Å². The molecule has 0 aliphatic heterocycles. The van der Waals surface area contributed by atoms with Gasteiger partial charge in [0, 0.05) is 34.4 Å². The minimum Gasteiger partial charge on any atom is -0.512 e. The van der Waals surface area contributed by atoms with Crippen molar-refractivity contribution < 1.29 is 26.4 Å². The van der Waals surface area contributed by atoms with Crippen molar-refractivity contribution in [3.8, 4) is 0 Å². The van der Waals surface area contributed by atoms with Crippen LogP contribution in [0.25, 0.3) is 0 Å². The second kappa shape index (κ2) is 7.99. The van der Waals surface area contributed by atoms with E-state index in [1.165, 1.54) is 38.5 Å². The second-order valence-electron chi connectivity index (χ2n) is 5.64.